The number of rotatable bonds is 4. The summed E-state index contributed by atoms with van der Waals surface area (Å²) in [7, 11) is -2.23. The standard InChI is InChI=1S/C7H11N3O4S/c1-5(7(11)12)9-15(13,14)6-3-10(2)4-8-6/h3-5,9H,1-2H3,(H,11,12)/t5-/m1/s1. The predicted octanol–water partition coefficient (Wildman–Crippen LogP) is -0.828. The molecule has 0 unspecified atom stereocenters. The molecule has 1 aromatic rings. The number of carboxylic acids is 1. The van der Waals surface area contributed by atoms with Crippen molar-refractivity contribution in [3.8, 4) is 0 Å². The smallest absolute Gasteiger partial charge is 0.321 e. The highest BCUT2D eigenvalue weighted by Gasteiger charge is 2.23. The fourth-order valence-corrected chi connectivity index (χ4v) is 2.05. The van der Waals surface area contributed by atoms with Crippen molar-refractivity contribution in [2.75, 3.05) is 0 Å². The molecule has 0 radical (unpaired) electrons. The summed E-state index contributed by atoms with van der Waals surface area (Å²) in [6.07, 6.45) is 2.61. The summed E-state index contributed by atoms with van der Waals surface area (Å²) in [6.45, 7) is 1.24. The van der Waals surface area contributed by atoms with Crippen LogP contribution in [0.1, 0.15) is 6.92 Å². The van der Waals surface area contributed by atoms with Crippen LogP contribution in [0.15, 0.2) is 17.6 Å². The Kier molecular flexibility index (Phi) is 3.10. The van der Waals surface area contributed by atoms with Gasteiger partial charge in [-0.25, -0.2) is 13.4 Å². The summed E-state index contributed by atoms with van der Waals surface area (Å²) in [5, 5.41) is 8.35. The molecule has 1 atom stereocenters. The molecule has 0 aliphatic heterocycles. The van der Waals surface area contributed by atoms with Gasteiger partial charge in [0.1, 0.15) is 6.04 Å². The van der Waals surface area contributed by atoms with Crippen molar-refractivity contribution >= 4 is 16.0 Å². The summed E-state index contributed by atoms with van der Waals surface area (Å²) in [5.41, 5.74) is 0. The number of aryl methyl sites for hydroxylation is 1. The van der Waals surface area contributed by atoms with E-state index in [1.165, 1.54) is 24.0 Å². The molecule has 0 saturated heterocycles. The molecule has 0 bridgehead atoms. The molecule has 1 aromatic heterocycles. The number of imidazole rings is 1. The number of carbonyl (C=O) groups is 1. The molecule has 8 heteroatoms. The zero-order valence-electron chi connectivity index (χ0n) is 8.21. The van der Waals surface area contributed by atoms with E-state index in [0.29, 0.717) is 0 Å². The molecule has 1 rings (SSSR count). The maximum absolute atomic E-state index is 11.5. The Bertz CT molecular complexity index is 464. The van der Waals surface area contributed by atoms with E-state index < -0.39 is 22.0 Å². The summed E-state index contributed by atoms with van der Waals surface area (Å²) in [6, 6.07) is -1.18. The molecular weight excluding hydrogens is 222 g/mol. The van der Waals surface area contributed by atoms with Crippen LogP contribution in [0.4, 0.5) is 0 Å². The van der Waals surface area contributed by atoms with Gasteiger partial charge in [0.15, 0.2) is 5.03 Å². The Balaban J connectivity index is 2.90. The number of aromatic nitrogens is 2. The van der Waals surface area contributed by atoms with E-state index in [2.05, 4.69) is 4.98 Å². The Morgan fingerprint density at radius 1 is 1.67 bits per heavy atom. The van der Waals surface area contributed by atoms with Gasteiger partial charge in [-0.05, 0) is 6.92 Å². The lowest BCUT2D eigenvalue weighted by atomic mass is 10.4. The maximum atomic E-state index is 11.5. The molecule has 84 valence electrons. The summed E-state index contributed by atoms with van der Waals surface area (Å²) < 4.78 is 26.5. The number of hydrogen-bond donors (Lipinski definition) is 2. The Morgan fingerprint density at radius 2 is 2.27 bits per heavy atom. The Labute approximate surface area is 86.8 Å². The SMILES string of the molecule is C[C@@H](NS(=O)(=O)c1cn(C)cn1)C(=O)O. The molecule has 0 aliphatic rings. The lowest BCUT2D eigenvalue weighted by Crippen LogP contribution is -2.38. The molecule has 1 heterocycles. The van der Waals surface area contributed by atoms with Gasteiger partial charge in [0, 0.05) is 13.2 Å². The van der Waals surface area contributed by atoms with Crippen LogP contribution < -0.4 is 4.72 Å². The fraction of sp³-hybridized carbons (Fsp3) is 0.429. The second-order valence-electron chi connectivity index (χ2n) is 3.06. The maximum Gasteiger partial charge on any atom is 0.321 e. The molecule has 0 fully saturated rings. The molecule has 2 N–H and O–H groups in total. The molecule has 0 saturated carbocycles. The quantitative estimate of drug-likeness (QED) is 0.707. The number of aliphatic carboxylic acids is 1. The average molecular weight is 233 g/mol. The second kappa shape index (κ2) is 3.99. The molecule has 15 heavy (non-hydrogen) atoms. The van der Waals surface area contributed by atoms with Crippen molar-refractivity contribution in [3.05, 3.63) is 12.5 Å². The summed E-state index contributed by atoms with van der Waals surface area (Å²) >= 11 is 0. The van der Waals surface area contributed by atoms with Crippen LogP contribution in [-0.4, -0.2) is 35.1 Å². The third kappa shape index (κ3) is 2.77. The monoisotopic (exact) mass is 233 g/mol. The fourth-order valence-electron chi connectivity index (χ4n) is 0.871. The minimum Gasteiger partial charge on any atom is -0.480 e. The van der Waals surface area contributed by atoms with Crippen molar-refractivity contribution < 1.29 is 18.3 Å². The molecular formula is C7H11N3O4S. The first kappa shape index (κ1) is 11.7. The predicted molar refractivity (Wildman–Crippen MR) is 50.6 cm³/mol. The highest BCUT2D eigenvalue weighted by molar-refractivity contribution is 7.89. The van der Waals surface area contributed by atoms with Gasteiger partial charge in [-0.3, -0.25) is 4.79 Å². The Morgan fingerprint density at radius 3 is 2.67 bits per heavy atom. The molecule has 0 aliphatic carbocycles. The average Bonchev–Trinajstić information content (AvgIpc) is 2.51. The number of sulfonamides is 1. The second-order valence-corrected chi connectivity index (χ2v) is 4.72. The van der Waals surface area contributed by atoms with Crippen molar-refractivity contribution in [2.24, 2.45) is 7.05 Å². The molecule has 0 spiro atoms. The first-order valence-corrected chi connectivity index (χ1v) is 5.54. The Hall–Kier alpha value is -1.41. The number of nitrogens with zero attached hydrogens (tertiary/aromatic N) is 2. The van der Waals surface area contributed by atoms with Crippen molar-refractivity contribution in [1.82, 2.24) is 14.3 Å². The normalized spacial score (nSPS) is 13.7. The van der Waals surface area contributed by atoms with E-state index in [-0.39, 0.29) is 5.03 Å². The first-order valence-electron chi connectivity index (χ1n) is 4.06. The minimum absolute atomic E-state index is 0.196. The van der Waals surface area contributed by atoms with Crippen LogP contribution in [0.5, 0.6) is 0 Å². The molecule has 0 aromatic carbocycles. The van der Waals surface area contributed by atoms with Gasteiger partial charge in [-0.15, -0.1) is 0 Å². The van der Waals surface area contributed by atoms with Crippen LogP contribution in [-0.2, 0) is 21.9 Å². The van der Waals surface area contributed by atoms with Crippen LogP contribution >= 0.6 is 0 Å². The third-order valence-electron chi connectivity index (χ3n) is 1.66. The van der Waals surface area contributed by atoms with Gasteiger partial charge < -0.3 is 9.67 Å². The van der Waals surface area contributed by atoms with Gasteiger partial charge in [-0.1, -0.05) is 0 Å². The van der Waals surface area contributed by atoms with Crippen LogP contribution in [0.2, 0.25) is 0 Å². The van der Waals surface area contributed by atoms with Crippen LogP contribution in [0.25, 0.3) is 0 Å². The highest BCUT2D eigenvalue weighted by Crippen LogP contribution is 2.04. The lowest BCUT2D eigenvalue weighted by molar-refractivity contribution is -0.138. The van der Waals surface area contributed by atoms with Crippen molar-refractivity contribution in [3.63, 3.8) is 0 Å². The molecule has 0 amide bonds. The van der Waals surface area contributed by atoms with E-state index in [0.717, 1.165) is 0 Å². The third-order valence-corrected chi connectivity index (χ3v) is 3.08. The van der Waals surface area contributed by atoms with Crippen LogP contribution in [0.3, 0.4) is 0 Å². The van der Waals surface area contributed by atoms with Gasteiger partial charge in [0.2, 0.25) is 0 Å². The van der Waals surface area contributed by atoms with Gasteiger partial charge >= 0.3 is 5.97 Å². The minimum atomic E-state index is -3.85. The number of nitrogens with one attached hydrogen (secondary N) is 1. The lowest BCUT2D eigenvalue weighted by Gasteiger charge is -2.07. The zero-order valence-corrected chi connectivity index (χ0v) is 9.02. The van der Waals surface area contributed by atoms with Gasteiger partial charge in [0.25, 0.3) is 10.0 Å². The largest absolute Gasteiger partial charge is 0.480 e. The first-order chi connectivity index (χ1) is 6.83. The summed E-state index contributed by atoms with van der Waals surface area (Å²) in [5.74, 6) is -1.24. The summed E-state index contributed by atoms with van der Waals surface area (Å²) in [4.78, 5) is 14.1. The van der Waals surface area contributed by atoms with Gasteiger partial charge in [0.05, 0.1) is 6.33 Å². The van der Waals surface area contributed by atoms with E-state index >= 15 is 0 Å². The number of carboxylic acid groups (broad SMARTS) is 1. The number of hydrogen-bond acceptors (Lipinski definition) is 4. The van der Waals surface area contributed by atoms with Crippen molar-refractivity contribution in [1.29, 1.82) is 0 Å². The van der Waals surface area contributed by atoms with E-state index in [1.807, 2.05) is 4.72 Å². The van der Waals surface area contributed by atoms with E-state index in [9.17, 15) is 13.2 Å². The van der Waals surface area contributed by atoms with Crippen LogP contribution in [0, 0.1) is 0 Å². The topological polar surface area (TPSA) is 101 Å². The molecule has 7 nitrogen and oxygen atoms in total. The highest BCUT2D eigenvalue weighted by atomic mass is 32.2. The zero-order chi connectivity index (χ0) is 11.6. The van der Waals surface area contributed by atoms with Crippen molar-refractivity contribution in [2.45, 2.75) is 18.0 Å². The van der Waals surface area contributed by atoms with E-state index in [1.54, 1.807) is 7.05 Å². The van der Waals surface area contributed by atoms with E-state index in [4.69, 9.17) is 5.11 Å². The van der Waals surface area contributed by atoms with Gasteiger partial charge in [-0.2, -0.15) is 4.72 Å².